The van der Waals surface area contributed by atoms with Gasteiger partial charge in [0.1, 0.15) is 0 Å². The van der Waals surface area contributed by atoms with Crippen LogP contribution in [0.2, 0.25) is 0 Å². The third kappa shape index (κ3) is 7.05. The molecule has 2 N–H and O–H groups in total. The zero-order chi connectivity index (χ0) is 23.8. The molecule has 0 radical (unpaired) electrons. The molecule has 0 spiro atoms. The fraction of sp³-hybridized carbons (Fsp3) is 0.440. The summed E-state index contributed by atoms with van der Waals surface area (Å²) in [6, 6.07) is 14.4. The highest BCUT2D eigenvalue weighted by atomic mass is 32.2. The number of hydrogen-bond acceptors (Lipinski definition) is 4. The summed E-state index contributed by atoms with van der Waals surface area (Å²) in [5.74, 6) is -0.438. The summed E-state index contributed by atoms with van der Waals surface area (Å²) in [5.41, 5.74) is 2.37. The van der Waals surface area contributed by atoms with Gasteiger partial charge >= 0.3 is 0 Å². The van der Waals surface area contributed by atoms with E-state index in [1.165, 1.54) is 17.0 Å². The van der Waals surface area contributed by atoms with Gasteiger partial charge in [0.05, 0.1) is 23.2 Å². The Labute approximate surface area is 196 Å². The second-order valence-electron chi connectivity index (χ2n) is 8.63. The number of benzene rings is 2. The summed E-state index contributed by atoms with van der Waals surface area (Å²) in [7, 11) is -3.48. The number of para-hydroxylation sites is 2. The molecule has 8 heteroatoms. The van der Waals surface area contributed by atoms with Gasteiger partial charge in [0.15, 0.2) is 0 Å². The Morgan fingerprint density at radius 2 is 1.67 bits per heavy atom. The first-order valence-electron chi connectivity index (χ1n) is 11.5. The molecule has 1 saturated carbocycles. The molecule has 0 aromatic heterocycles. The standard InChI is InChI=1S/C25H33N3O4S/c1-19-11-6-9-16-23(19)28(33(2,31)32)18-10-17-24(29)27-22-15-8-7-14-21(22)25(30)26-20-12-4-3-5-13-20/h6-9,11,14-16,20H,3-5,10,12-13,17-18H2,1-2H3,(H,26,30)(H,27,29). The van der Waals surface area contributed by atoms with Gasteiger partial charge in [-0.2, -0.15) is 0 Å². The molecule has 1 fully saturated rings. The number of carbonyl (C=O) groups is 2. The van der Waals surface area contributed by atoms with E-state index in [1.54, 1.807) is 36.4 Å². The van der Waals surface area contributed by atoms with Crippen LogP contribution in [0.25, 0.3) is 0 Å². The Morgan fingerprint density at radius 1 is 1.00 bits per heavy atom. The minimum Gasteiger partial charge on any atom is -0.349 e. The Kier molecular flexibility index (Phi) is 8.49. The van der Waals surface area contributed by atoms with Crippen molar-refractivity contribution in [3.63, 3.8) is 0 Å². The van der Waals surface area contributed by atoms with Gasteiger partial charge in [0, 0.05) is 19.0 Å². The minimum atomic E-state index is -3.48. The maximum Gasteiger partial charge on any atom is 0.253 e. The molecule has 2 aromatic carbocycles. The van der Waals surface area contributed by atoms with Crippen molar-refractivity contribution in [3.05, 3.63) is 59.7 Å². The second kappa shape index (κ2) is 11.3. The van der Waals surface area contributed by atoms with Crippen LogP contribution >= 0.6 is 0 Å². The number of nitrogens with one attached hydrogen (secondary N) is 2. The lowest BCUT2D eigenvalue weighted by Gasteiger charge is -2.24. The molecule has 0 aliphatic heterocycles. The fourth-order valence-corrected chi connectivity index (χ4v) is 5.23. The third-order valence-electron chi connectivity index (χ3n) is 5.94. The van der Waals surface area contributed by atoms with Crippen molar-refractivity contribution in [2.75, 3.05) is 22.4 Å². The van der Waals surface area contributed by atoms with Gasteiger partial charge in [-0.25, -0.2) is 8.42 Å². The molecule has 1 aliphatic rings. The van der Waals surface area contributed by atoms with E-state index in [0.29, 0.717) is 23.4 Å². The van der Waals surface area contributed by atoms with E-state index in [2.05, 4.69) is 10.6 Å². The highest BCUT2D eigenvalue weighted by molar-refractivity contribution is 7.92. The molecule has 3 rings (SSSR count). The van der Waals surface area contributed by atoms with E-state index in [0.717, 1.165) is 31.2 Å². The molecule has 2 amide bonds. The maximum absolute atomic E-state index is 12.8. The lowest BCUT2D eigenvalue weighted by molar-refractivity contribution is -0.116. The summed E-state index contributed by atoms with van der Waals surface area (Å²) in [6.45, 7) is 2.05. The van der Waals surface area contributed by atoms with Crippen molar-refractivity contribution in [1.82, 2.24) is 5.32 Å². The molecular weight excluding hydrogens is 438 g/mol. The number of amides is 2. The molecule has 0 heterocycles. The molecular formula is C25H33N3O4S. The van der Waals surface area contributed by atoms with Crippen LogP contribution in [0.1, 0.15) is 60.9 Å². The highest BCUT2D eigenvalue weighted by Crippen LogP contribution is 2.23. The van der Waals surface area contributed by atoms with Crippen molar-refractivity contribution in [3.8, 4) is 0 Å². The number of carbonyl (C=O) groups excluding carboxylic acids is 2. The van der Waals surface area contributed by atoms with Gasteiger partial charge < -0.3 is 10.6 Å². The van der Waals surface area contributed by atoms with Crippen LogP contribution in [0.3, 0.4) is 0 Å². The number of rotatable bonds is 9. The monoisotopic (exact) mass is 471 g/mol. The van der Waals surface area contributed by atoms with Gasteiger partial charge in [0.2, 0.25) is 15.9 Å². The lowest BCUT2D eigenvalue weighted by atomic mass is 9.95. The second-order valence-corrected chi connectivity index (χ2v) is 10.5. The van der Waals surface area contributed by atoms with E-state index in [-0.39, 0.29) is 30.8 Å². The number of aryl methyl sites for hydroxylation is 1. The first kappa shape index (κ1) is 24.8. The molecule has 0 unspecified atom stereocenters. The van der Waals surface area contributed by atoms with E-state index >= 15 is 0 Å². The first-order chi connectivity index (χ1) is 15.8. The molecule has 1 aliphatic carbocycles. The predicted octanol–water partition coefficient (Wildman–Crippen LogP) is 4.24. The Hall–Kier alpha value is -2.87. The molecule has 0 bridgehead atoms. The van der Waals surface area contributed by atoms with Crippen molar-refractivity contribution in [2.45, 2.75) is 57.9 Å². The van der Waals surface area contributed by atoms with E-state index in [9.17, 15) is 18.0 Å². The topological polar surface area (TPSA) is 95.6 Å². The summed E-state index contributed by atoms with van der Waals surface area (Å²) >= 11 is 0. The van der Waals surface area contributed by atoms with Crippen LogP contribution in [-0.4, -0.2) is 39.1 Å². The summed E-state index contributed by atoms with van der Waals surface area (Å²) in [4.78, 5) is 25.4. The Bertz CT molecular complexity index is 1080. The molecule has 33 heavy (non-hydrogen) atoms. The van der Waals surface area contributed by atoms with Crippen molar-refractivity contribution in [1.29, 1.82) is 0 Å². The summed E-state index contributed by atoms with van der Waals surface area (Å²) in [5, 5.41) is 5.91. The molecule has 178 valence electrons. The van der Waals surface area contributed by atoms with Crippen LogP contribution < -0.4 is 14.9 Å². The quantitative estimate of drug-likeness (QED) is 0.572. The average molecular weight is 472 g/mol. The van der Waals surface area contributed by atoms with Crippen LogP contribution in [0, 0.1) is 6.92 Å². The number of nitrogens with zero attached hydrogens (tertiary/aromatic N) is 1. The largest absolute Gasteiger partial charge is 0.349 e. The van der Waals surface area contributed by atoms with E-state index in [4.69, 9.17) is 0 Å². The van der Waals surface area contributed by atoms with E-state index < -0.39 is 10.0 Å². The average Bonchev–Trinajstić information content (AvgIpc) is 2.78. The lowest BCUT2D eigenvalue weighted by Crippen LogP contribution is -2.36. The maximum atomic E-state index is 12.8. The molecule has 7 nitrogen and oxygen atoms in total. The van der Waals surface area contributed by atoms with Crippen LogP contribution in [0.4, 0.5) is 11.4 Å². The summed E-state index contributed by atoms with van der Waals surface area (Å²) < 4.78 is 26.0. The molecule has 2 aromatic rings. The van der Waals surface area contributed by atoms with Crippen molar-refractivity contribution in [2.24, 2.45) is 0 Å². The van der Waals surface area contributed by atoms with Crippen molar-refractivity contribution >= 4 is 33.2 Å². The zero-order valence-electron chi connectivity index (χ0n) is 19.3. The molecule has 0 saturated heterocycles. The van der Waals surface area contributed by atoms with Crippen LogP contribution in [0.5, 0.6) is 0 Å². The number of hydrogen-bond donors (Lipinski definition) is 2. The van der Waals surface area contributed by atoms with Crippen LogP contribution in [0.15, 0.2) is 48.5 Å². The van der Waals surface area contributed by atoms with Gasteiger partial charge in [-0.05, 0) is 49.9 Å². The normalized spacial score (nSPS) is 14.5. The van der Waals surface area contributed by atoms with Gasteiger partial charge in [-0.15, -0.1) is 0 Å². The first-order valence-corrected chi connectivity index (χ1v) is 13.3. The van der Waals surface area contributed by atoms with Gasteiger partial charge in [-0.1, -0.05) is 49.6 Å². The number of sulfonamides is 1. The highest BCUT2D eigenvalue weighted by Gasteiger charge is 2.21. The SMILES string of the molecule is Cc1ccccc1N(CCCC(=O)Nc1ccccc1C(=O)NC1CCCCC1)S(C)(=O)=O. The van der Waals surface area contributed by atoms with Gasteiger partial charge in [-0.3, -0.25) is 13.9 Å². The molecule has 0 atom stereocenters. The van der Waals surface area contributed by atoms with Crippen LogP contribution in [-0.2, 0) is 14.8 Å². The third-order valence-corrected chi connectivity index (χ3v) is 7.12. The number of anilines is 2. The van der Waals surface area contributed by atoms with Crippen molar-refractivity contribution < 1.29 is 18.0 Å². The Morgan fingerprint density at radius 3 is 2.36 bits per heavy atom. The smallest absolute Gasteiger partial charge is 0.253 e. The minimum absolute atomic E-state index is 0.135. The Balaban J connectivity index is 1.59. The summed E-state index contributed by atoms with van der Waals surface area (Å²) in [6.07, 6.45) is 7.07. The van der Waals surface area contributed by atoms with E-state index in [1.807, 2.05) is 19.1 Å². The van der Waals surface area contributed by atoms with Gasteiger partial charge in [0.25, 0.3) is 5.91 Å². The zero-order valence-corrected chi connectivity index (χ0v) is 20.2. The fourth-order valence-electron chi connectivity index (χ4n) is 4.20. The predicted molar refractivity (Wildman–Crippen MR) is 132 cm³/mol.